The average Bonchev–Trinajstić information content (AvgIpc) is 2.61. The summed E-state index contributed by atoms with van der Waals surface area (Å²) in [6.07, 6.45) is 2.97. The minimum atomic E-state index is -0.409. The van der Waals surface area contributed by atoms with Crippen molar-refractivity contribution in [3.8, 4) is 0 Å². The second-order valence-corrected chi connectivity index (χ2v) is 5.66. The molecule has 1 saturated heterocycles. The molecule has 1 aliphatic rings. The summed E-state index contributed by atoms with van der Waals surface area (Å²) in [6, 6.07) is 6.38. The Morgan fingerprint density at radius 3 is 2.79 bits per heavy atom. The lowest BCUT2D eigenvalue weighted by Crippen LogP contribution is -2.25. The summed E-state index contributed by atoms with van der Waals surface area (Å²) in [4.78, 5) is 10.3. The Morgan fingerprint density at radius 2 is 2.11 bits per heavy atom. The Bertz CT molecular complexity index is 423. The molecule has 1 heterocycles. The fourth-order valence-corrected chi connectivity index (χ4v) is 2.56. The number of nitrogens with zero attached hydrogens (tertiary/aromatic N) is 1. The van der Waals surface area contributed by atoms with Gasteiger partial charge >= 0.3 is 0 Å². The molecule has 6 heteroatoms. The first-order chi connectivity index (χ1) is 9.16. The van der Waals surface area contributed by atoms with Gasteiger partial charge in [-0.05, 0) is 37.0 Å². The van der Waals surface area contributed by atoms with Gasteiger partial charge in [0, 0.05) is 18.7 Å². The largest absolute Gasteiger partial charge is 0.351 e. The number of hydrogen-bond donors (Lipinski definition) is 0. The van der Waals surface area contributed by atoms with E-state index in [1.165, 1.54) is 12.1 Å². The summed E-state index contributed by atoms with van der Waals surface area (Å²) in [5, 5.41) is 10.5. The second kappa shape index (κ2) is 6.98. The number of nitro groups is 1. The Balaban J connectivity index is 1.88. The molecule has 0 unspecified atom stereocenters. The molecular weight excluding hydrogens is 314 g/mol. The van der Waals surface area contributed by atoms with Crippen LogP contribution in [-0.4, -0.2) is 22.6 Å². The Morgan fingerprint density at radius 1 is 1.37 bits per heavy atom. The van der Waals surface area contributed by atoms with Crippen LogP contribution in [-0.2, 0) is 16.1 Å². The first-order valence-electron chi connectivity index (χ1n) is 6.27. The summed E-state index contributed by atoms with van der Waals surface area (Å²) in [6.45, 7) is 1.11. The number of ether oxygens (including phenoxy) is 2. The van der Waals surface area contributed by atoms with Crippen molar-refractivity contribution in [3.63, 3.8) is 0 Å². The van der Waals surface area contributed by atoms with Crippen LogP contribution in [0.5, 0.6) is 0 Å². The molecule has 1 aromatic rings. The SMILES string of the molecule is O=[N+]([O-])c1ccc(CO[C@@H]2OCCCC[C@H]2Br)cc1. The van der Waals surface area contributed by atoms with Crippen LogP contribution in [0.15, 0.2) is 24.3 Å². The fraction of sp³-hybridized carbons (Fsp3) is 0.538. The van der Waals surface area contributed by atoms with Crippen molar-refractivity contribution in [2.24, 2.45) is 0 Å². The standard InChI is InChI=1S/C13H16BrNO4/c14-12-3-1-2-8-18-13(12)19-9-10-4-6-11(7-5-10)15(16)17/h4-7,12-13H,1-3,8-9H2/t12-,13+/m1/s1. The molecule has 0 aromatic heterocycles. The zero-order chi connectivity index (χ0) is 13.7. The van der Waals surface area contributed by atoms with Gasteiger partial charge in [-0.2, -0.15) is 0 Å². The van der Waals surface area contributed by atoms with Crippen LogP contribution in [0.4, 0.5) is 5.69 Å². The molecule has 2 atom stereocenters. The topological polar surface area (TPSA) is 61.6 Å². The maximum absolute atomic E-state index is 10.5. The molecule has 0 aliphatic carbocycles. The highest BCUT2D eigenvalue weighted by atomic mass is 79.9. The van der Waals surface area contributed by atoms with Crippen molar-refractivity contribution in [1.82, 2.24) is 0 Å². The van der Waals surface area contributed by atoms with E-state index in [-0.39, 0.29) is 16.8 Å². The van der Waals surface area contributed by atoms with E-state index >= 15 is 0 Å². The molecule has 0 saturated carbocycles. The molecule has 104 valence electrons. The summed E-state index contributed by atoms with van der Waals surface area (Å²) >= 11 is 3.57. The first kappa shape index (κ1) is 14.4. The molecule has 0 amide bonds. The quantitative estimate of drug-likeness (QED) is 0.482. The Hall–Kier alpha value is -0.980. The third-order valence-corrected chi connectivity index (χ3v) is 3.90. The number of alkyl halides is 1. The van der Waals surface area contributed by atoms with Crippen LogP contribution >= 0.6 is 15.9 Å². The number of benzene rings is 1. The van der Waals surface area contributed by atoms with Crippen LogP contribution in [0.1, 0.15) is 24.8 Å². The average molecular weight is 330 g/mol. The third-order valence-electron chi connectivity index (χ3n) is 3.01. The first-order valence-corrected chi connectivity index (χ1v) is 7.19. The van der Waals surface area contributed by atoms with Gasteiger partial charge in [0.25, 0.3) is 5.69 Å². The number of nitro benzene ring substituents is 1. The highest BCUT2D eigenvalue weighted by Crippen LogP contribution is 2.23. The van der Waals surface area contributed by atoms with Crippen molar-refractivity contribution in [3.05, 3.63) is 39.9 Å². The van der Waals surface area contributed by atoms with Gasteiger partial charge in [0.05, 0.1) is 16.4 Å². The third kappa shape index (κ3) is 4.26. The van der Waals surface area contributed by atoms with E-state index in [9.17, 15) is 10.1 Å². The van der Waals surface area contributed by atoms with Crippen LogP contribution in [0.2, 0.25) is 0 Å². The van der Waals surface area contributed by atoms with Gasteiger partial charge in [-0.1, -0.05) is 15.9 Å². The Kier molecular flexibility index (Phi) is 5.30. The van der Waals surface area contributed by atoms with Gasteiger partial charge in [-0.25, -0.2) is 0 Å². The molecule has 1 fully saturated rings. The smallest absolute Gasteiger partial charge is 0.269 e. The second-order valence-electron chi connectivity index (χ2n) is 4.49. The van der Waals surface area contributed by atoms with Crippen LogP contribution in [0.3, 0.4) is 0 Å². The normalized spacial score (nSPS) is 23.8. The van der Waals surface area contributed by atoms with Gasteiger partial charge in [-0.15, -0.1) is 0 Å². The van der Waals surface area contributed by atoms with Crippen molar-refractivity contribution >= 4 is 21.6 Å². The molecule has 0 radical (unpaired) electrons. The minimum absolute atomic E-state index is 0.0906. The molecule has 1 aromatic carbocycles. The van der Waals surface area contributed by atoms with Crippen LogP contribution in [0.25, 0.3) is 0 Å². The predicted molar refractivity (Wildman–Crippen MR) is 74.2 cm³/mol. The molecule has 0 bridgehead atoms. The van der Waals surface area contributed by atoms with E-state index < -0.39 is 4.92 Å². The van der Waals surface area contributed by atoms with E-state index in [0.717, 1.165) is 24.8 Å². The highest BCUT2D eigenvalue weighted by molar-refractivity contribution is 9.09. The number of hydrogen-bond acceptors (Lipinski definition) is 4. The van der Waals surface area contributed by atoms with Gasteiger partial charge in [0.15, 0.2) is 6.29 Å². The predicted octanol–water partition coefficient (Wildman–Crippen LogP) is 3.40. The van der Waals surface area contributed by atoms with Crippen molar-refractivity contribution in [1.29, 1.82) is 0 Å². The van der Waals surface area contributed by atoms with E-state index in [4.69, 9.17) is 9.47 Å². The molecule has 1 aliphatic heterocycles. The van der Waals surface area contributed by atoms with Gasteiger partial charge in [-0.3, -0.25) is 10.1 Å². The summed E-state index contributed by atoms with van der Waals surface area (Å²) in [7, 11) is 0. The van der Waals surface area contributed by atoms with E-state index in [2.05, 4.69) is 15.9 Å². The number of halogens is 1. The van der Waals surface area contributed by atoms with Gasteiger partial charge in [0.2, 0.25) is 0 Å². The van der Waals surface area contributed by atoms with E-state index in [1.54, 1.807) is 12.1 Å². The minimum Gasteiger partial charge on any atom is -0.351 e. The molecular formula is C13H16BrNO4. The van der Waals surface area contributed by atoms with Crippen molar-refractivity contribution in [2.75, 3.05) is 6.61 Å². The highest BCUT2D eigenvalue weighted by Gasteiger charge is 2.22. The molecule has 19 heavy (non-hydrogen) atoms. The maximum atomic E-state index is 10.5. The van der Waals surface area contributed by atoms with Crippen molar-refractivity contribution in [2.45, 2.75) is 37.0 Å². The summed E-state index contributed by atoms with van der Waals surface area (Å²) < 4.78 is 11.3. The zero-order valence-corrected chi connectivity index (χ0v) is 12.0. The van der Waals surface area contributed by atoms with Crippen molar-refractivity contribution < 1.29 is 14.4 Å². The lowest BCUT2D eigenvalue weighted by Gasteiger charge is -2.20. The molecule has 0 spiro atoms. The Labute approximate surface area is 120 Å². The fourth-order valence-electron chi connectivity index (χ4n) is 1.93. The van der Waals surface area contributed by atoms with Gasteiger partial charge < -0.3 is 9.47 Å². The van der Waals surface area contributed by atoms with Crippen LogP contribution < -0.4 is 0 Å². The number of rotatable bonds is 4. The van der Waals surface area contributed by atoms with E-state index in [1.807, 2.05) is 0 Å². The summed E-state index contributed by atoms with van der Waals surface area (Å²) in [5.74, 6) is 0. The number of non-ortho nitro benzene ring substituents is 1. The lowest BCUT2D eigenvalue weighted by atomic mass is 10.2. The molecule has 5 nitrogen and oxygen atoms in total. The van der Waals surface area contributed by atoms with Crippen LogP contribution in [0, 0.1) is 10.1 Å². The molecule has 0 N–H and O–H groups in total. The lowest BCUT2D eigenvalue weighted by molar-refractivity contribution is -0.384. The van der Waals surface area contributed by atoms with E-state index in [0.29, 0.717) is 13.2 Å². The molecule has 2 rings (SSSR count). The maximum Gasteiger partial charge on any atom is 0.269 e. The summed E-state index contributed by atoms with van der Waals surface area (Å²) in [5.41, 5.74) is 0.992. The zero-order valence-electron chi connectivity index (χ0n) is 10.5. The van der Waals surface area contributed by atoms with Gasteiger partial charge in [0.1, 0.15) is 0 Å². The monoisotopic (exact) mass is 329 g/mol.